The molecule has 110 valence electrons. The van der Waals surface area contributed by atoms with E-state index in [0.29, 0.717) is 18.5 Å². The maximum Gasteiger partial charge on any atom is 0.227 e. The lowest BCUT2D eigenvalue weighted by molar-refractivity contribution is -0.133. The molecule has 2 fully saturated rings. The highest BCUT2D eigenvalue weighted by Crippen LogP contribution is 2.39. The quantitative estimate of drug-likeness (QED) is 0.834. The zero-order valence-electron chi connectivity index (χ0n) is 12.7. The first-order valence-electron chi connectivity index (χ1n) is 7.81. The molecule has 1 aromatic heterocycles. The molecule has 1 amide bonds. The number of aryl methyl sites for hydroxylation is 2. The van der Waals surface area contributed by atoms with Crippen LogP contribution < -0.4 is 0 Å². The van der Waals surface area contributed by atoms with Crippen molar-refractivity contribution in [2.75, 3.05) is 0 Å². The number of carbonyl (C=O) groups is 1. The van der Waals surface area contributed by atoms with E-state index in [2.05, 4.69) is 17.0 Å². The summed E-state index contributed by atoms with van der Waals surface area (Å²) >= 11 is 0. The van der Waals surface area contributed by atoms with Crippen molar-refractivity contribution in [3.8, 4) is 0 Å². The molecule has 3 atom stereocenters. The van der Waals surface area contributed by atoms with E-state index in [1.165, 1.54) is 32.1 Å². The van der Waals surface area contributed by atoms with Crippen LogP contribution in [0.15, 0.2) is 4.52 Å². The minimum Gasteiger partial charge on any atom is -0.361 e. The first-order valence-corrected chi connectivity index (χ1v) is 7.81. The lowest BCUT2D eigenvalue weighted by atomic mass is 9.85. The Morgan fingerprint density at radius 2 is 2.10 bits per heavy atom. The van der Waals surface area contributed by atoms with Gasteiger partial charge in [0, 0.05) is 17.6 Å². The molecule has 1 aliphatic carbocycles. The van der Waals surface area contributed by atoms with Gasteiger partial charge in [0.1, 0.15) is 5.76 Å². The van der Waals surface area contributed by atoms with Gasteiger partial charge in [0.25, 0.3) is 0 Å². The van der Waals surface area contributed by atoms with Gasteiger partial charge in [-0.15, -0.1) is 0 Å². The minimum atomic E-state index is 0.251. The van der Waals surface area contributed by atoms with E-state index in [1.54, 1.807) is 0 Å². The van der Waals surface area contributed by atoms with Gasteiger partial charge in [-0.25, -0.2) is 0 Å². The molecular weight excluding hydrogens is 252 g/mol. The molecule has 2 heterocycles. The molecule has 20 heavy (non-hydrogen) atoms. The second-order valence-electron chi connectivity index (χ2n) is 6.48. The molecule has 0 unspecified atom stereocenters. The molecule has 1 saturated heterocycles. The standard InChI is InChI=1S/C16H24N2O2/c1-10-8-13-6-4-5-7-15(13)18(10)16(19)9-14-11(2)17-20-12(14)3/h10,13,15H,4-9H2,1-3H3/t10-,13-,15-/m1/s1. The smallest absolute Gasteiger partial charge is 0.227 e. The van der Waals surface area contributed by atoms with Crippen molar-refractivity contribution in [3.05, 3.63) is 17.0 Å². The number of carbonyl (C=O) groups excluding carboxylic acids is 1. The number of nitrogens with zero attached hydrogens (tertiary/aromatic N) is 2. The zero-order valence-corrected chi connectivity index (χ0v) is 12.7. The van der Waals surface area contributed by atoms with Gasteiger partial charge in [-0.05, 0) is 46.0 Å². The van der Waals surface area contributed by atoms with Gasteiger partial charge in [-0.2, -0.15) is 0 Å². The van der Waals surface area contributed by atoms with E-state index in [4.69, 9.17) is 4.52 Å². The lowest BCUT2D eigenvalue weighted by Gasteiger charge is -2.33. The van der Waals surface area contributed by atoms with Crippen LogP contribution in [0.2, 0.25) is 0 Å². The zero-order chi connectivity index (χ0) is 14.3. The second-order valence-corrected chi connectivity index (χ2v) is 6.48. The van der Waals surface area contributed by atoms with Crippen LogP contribution in [0.4, 0.5) is 0 Å². The van der Waals surface area contributed by atoms with Crippen molar-refractivity contribution in [2.45, 2.75) is 71.4 Å². The van der Waals surface area contributed by atoms with E-state index < -0.39 is 0 Å². The van der Waals surface area contributed by atoms with E-state index >= 15 is 0 Å². The topological polar surface area (TPSA) is 46.3 Å². The van der Waals surface area contributed by atoms with Crippen molar-refractivity contribution in [2.24, 2.45) is 5.92 Å². The highest BCUT2D eigenvalue weighted by Gasteiger charge is 2.42. The Labute approximate surface area is 120 Å². The van der Waals surface area contributed by atoms with Crippen LogP contribution in [0.5, 0.6) is 0 Å². The van der Waals surface area contributed by atoms with Crippen molar-refractivity contribution < 1.29 is 9.32 Å². The number of hydrogen-bond donors (Lipinski definition) is 0. The fourth-order valence-corrected chi connectivity index (χ4v) is 4.14. The summed E-state index contributed by atoms with van der Waals surface area (Å²) in [6.45, 7) is 6.00. The van der Waals surface area contributed by atoms with Gasteiger partial charge >= 0.3 is 0 Å². The maximum absolute atomic E-state index is 12.7. The van der Waals surface area contributed by atoms with Gasteiger partial charge in [0.15, 0.2) is 0 Å². The maximum atomic E-state index is 12.7. The number of fused-ring (bicyclic) bond motifs is 1. The summed E-state index contributed by atoms with van der Waals surface area (Å²) in [6.07, 6.45) is 6.70. The monoisotopic (exact) mass is 276 g/mol. The van der Waals surface area contributed by atoms with E-state index in [0.717, 1.165) is 22.9 Å². The van der Waals surface area contributed by atoms with E-state index in [9.17, 15) is 4.79 Å². The van der Waals surface area contributed by atoms with Crippen LogP contribution in [0.25, 0.3) is 0 Å². The van der Waals surface area contributed by atoms with Crippen molar-refractivity contribution in [1.29, 1.82) is 0 Å². The number of hydrogen-bond acceptors (Lipinski definition) is 3. The first-order chi connectivity index (χ1) is 9.58. The molecule has 3 rings (SSSR count). The summed E-state index contributed by atoms with van der Waals surface area (Å²) in [5.41, 5.74) is 1.82. The molecule has 1 aromatic rings. The fourth-order valence-electron chi connectivity index (χ4n) is 4.14. The largest absolute Gasteiger partial charge is 0.361 e. The lowest BCUT2D eigenvalue weighted by Crippen LogP contribution is -2.43. The van der Waals surface area contributed by atoms with Gasteiger partial charge in [0.05, 0.1) is 12.1 Å². The molecule has 1 saturated carbocycles. The summed E-state index contributed by atoms with van der Waals surface area (Å²) in [7, 11) is 0. The summed E-state index contributed by atoms with van der Waals surface area (Å²) in [6, 6.07) is 0.864. The molecule has 0 bridgehead atoms. The van der Waals surface area contributed by atoms with Crippen molar-refractivity contribution in [3.63, 3.8) is 0 Å². The average Bonchev–Trinajstić information content (AvgIpc) is 2.91. The molecule has 0 N–H and O–H groups in total. The molecule has 0 aromatic carbocycles. The highest BCUT2D eigenvalue weighted by atomic mass is 16.5. The molecular formula is C16H24N2O2. The SMILES string of the molecule is Cc1noc(C)c1CC(=O)N1[C@H](C)C[C@H]2CCCC[C@H]21. The predicted octanol–water partition coefficient (Wildman–Crippen LogP) is 3.01. The Hall–Kier alpha value is -1.32. The minimum absolute atomic E-state index is 0.251. The van der Waals surface area contributed by atoms with E-state index in [-0.39, 0.29) is 5.91 Å². The second kappa shape index (κ2) is 5.23. The predicted molar refractivity (Wildman–Crippen MR) is 76.4 cm³/mol. The summed E-state index contributed by atoms with van der Waals surface area (Å²) in [5.74, 6) is 1.76. The van der Waals surface area contributed by atoms with Gasteiger partial charge < -0.3 is 9.42 Å². The van der Waals surface area contributed by atoms with Crippen LogP contribution in [0.3, 0.4) is 0 Å². The third-order valence-electron chi connectivity index (χ3n) is 5.14. The Bertz CT molecular complexity index is 489. The molecule has 1 aliphatic heterocycles. The summed E-state index contributed by atoms with van der Waals surface area (Å²) in [5, 5.41) is 3.95. The van der Waals surface area contributed by atoms with Crippen LogP contribution in [0.1, 0.15) is 56.0 Å². The highest BCUT2D eigenvalue weighted by molar-refractivity contribution is 5.80. The summed E-state index contributed by atoms with van der Waals surface area (Å²) < 4.78 is 5.17. The normalized spacial score (nSPS) is 29.6. The third-order valence-corrected chi connectivity index (χ3v) is 5.14. The van der Waals surface area contributed by atoms with Crippen molar-refractivity contribution in [1.82, 2.24) is 10.1 Å². The van der Waals surface area contributed by atoms with Crippen LogP contribution in [-0.2, 0) is 11.2 Å². The molecule has 2 aliphatic rings. The van der Waals surface area contributed by atoms with Gasteiger partial charge in [0.2, 0.25) is 5.91 Å². The average molecular weight is 276 g/mol. The third kappa shape index (κ3) is 2.25. The van der Waals surface area contributed by atoms with Crippen LogP contribution in [-0.4, -0.2) is 28.0 Å². The molecule has 4 nitrogen and oxygen atoms in total. The van der Waals surface area contributed by atoms with Gasteiger partial charge in [-0.1, -0.05) is 18.0 Å². The number of amides is 1. The Balaban J connectivity index is 1.76. The Morgan fingerprint density at radius 3 is 2.80 bits per heavy atom. The van der Waals surface area contributed by atoms with Crippen LogP contribution >= 0.6 is 0 Å². The number of likely N-dealkylation sites (tertiary alicyclic amines) is 1. The van der Waals surface area contributed by atoms with Gasteiger partial charge in [-0.3, -0.25) is 4.79 Å². The molecule has 0 radical (unpaired) electrons. The number of rotatable bonds is 2. The molecule has 4 heteroatoms. The first kappa shape index (κ1) is 13.7. The van der Waals surface area contributed by atoms with E-state index in [1.807, 2.05) is 13.8 Å². The molecule has 0 spiro atoms. The number of aromatic nitrogens is 1. The fraction of sp³-hybridized carbons (Fsp3) is 0.750. The van der Waals surface area contributed by atoms with Crippen LogP contribution in [0, 0.1) is 19.8 Å². The Kier molecular flexibility index (Phi) is 3.57. The van der Waals surface area contributed by atoms with Crippen molar-refractivity contribution >= 4 is 5.91 Å². The summed E-state index contributed by atoms with van der Waals surface area (Å²) in [4.78, 5) is 14.9. The Morgan fingerprint density at radius 1 is 1.35 bits per heavy atom.